The van der Waals surface area contributed by atoms with Gasteiger partial charge in [0.05, 0.1) is 29.8 Å². The van der Waals surface area contributed by atoms with Crippen LogP contribution < -0.4 is 4.74 Å². The summed E-state index contributed by atoms with van der Waals surface area (Å²) in [6.45, 7) is 0.319. The number of phenols is 1. The number of hydrogen-bond acceptors (Lipinski definition) is 7. The zero-order valence-electron chi connectivity index (χ0n) is 17.3. The molecule has 9 heteroatoms. The zero-order valence-corrected chi connectivity index (χ0v) is 18.9. The second kappa shape index (κ2) is 8.68. The summed E-state index contributed by atoms with van der Waals surface area (Å²) in [4.78, 5) is 27.7. The van der Waals surface area contributed by atoms with E-state index in [-0.39, 0.29) is 36.0 Å². The van der Waals surface area contributed by atoms with Gasteiger partial charge >= 0.3 is 0 Å². The maximum absolute atomic E-state index is 13.5. The van der Waals surface area contributed by atoms with Gasteiger partial charge in [0.1, 0.15) is 5.58 Å². The molecule has 8 nitrogen and oxygen atoms in total. The van der Waals surface area contributed by atoms with E-state index in [1.807, 2.05) is 6.07 Å². The minimum atomic E-state index is -0.941. The standard InChI is InChI=1S/C23H20BrNO7/c1-30-8-7-25-19(13-9-14(24)20(26)16(11-13)31-2)18(22(28)23(25)29)21(27)17-10-12-5-3-4-6-15(12)32-17/h3-6,9-11,19,26,28H,7-8H2,1-2H3. The minimum Gasteiger partial charge on any atom is -0.503 e. The largest absolute Gasteiger partial charge is 0.503 e. The average Bonchev–Trinajstić information content (AvgIpc) is 3.33. The third-order valence-corrected chi connectivity index (χ3v) is 5.92. The molecule has 0 bridgehead atoms. The van der Waals surface area contributed by atoms with Crippen molar-refractivity contribution in [1.29, 1.82) is 0 Å². The van der Waals surface area contributed by atoms with Gasteiger partial charge in [0.25, 0.3) is 5.91 Å². The van der Waals surface area contributed by atoms with Crippen molar-refractivity contribution < 1.29 is 33.7 Å². The summed E-state index contributed by atoms with van der Waals surface area (Å²) >= 11 is 3.27. The molecular weight excluding hydrogens is 482 g/mol. The minimum absolute atomic E-state index is 0.00366. The number of aliphatic hydroxyl groups excluding tert-OH is 1. The van der Waals surface area contributed by atoms with Crippen LogP contribution in [-0.4, -0.2) is 54.2 Å². The molecule has 0 fully saturated rings. The number of carbonyl (C=O) groups is 2. The van der Waals surface area contributed by atoms with Crippen LogP contribution in [0, 0.1) is 0 Å². The first-order valence-corrected chi connectivity index (χ1v) is 10.5. The number of aliphatic hydroxyl groups is 1. The number of para-hydroxylation sites is 1. The van der Waals surface area contributed by atoms with Crippen LogP contribution in [-0.2, 0) is 9.53 Å². The first kappa shape index (κ1) is 21.9. The molecule has 1 unspecified atom stereocenters. The normalized spacial score (nSPS) is 16.3. The lowest BCUT2D eigenvalue weighted by Gasteiger charge is -2.27. The molecular formula is C23H20BrNO7. The van der Waals surface area contributed by atoms with Gasteiger partial charge in [-0.25, -0.2) is 0 Å². The molecule has 0 saturated heterocycles. The first-order chi connectivity index (χ1) is 15.4. The Balaban J connectivity index is 1.85. The van der Waals surface area contributed by atoms with Crippen molar-refractivity contribution in [2.45, 2.75) is 6.04 Å². The van der Waals surface area contributed by atoms with E-state index in [4.69, 9.17) is 13.9 Å². The SMILES string of the molecule is COCCN1C(=O)C(O)=C(C(=O)c2cc3ccccc3o2)C1c1cc(Br)c(O)c(OC)c1. The molecule has 1 atom stereocenters. The predicted molar refractivity (Wildman–Crippen MR) is 119 cm³/mol. The van der Waals surface area contributed by atoms with Crippen LogP contribution in [0.1, 0.15) is 22.2 Å². The molecule has 166 valence electrons. The summed E-state index contributed by atoms with van der Waals surface area (Å²) in [5.41, 5.74) is 0.853. The number of ketones is 1. The number of hydrogen-bond donors (Lipinski definition) is 2. The molecule has 1 aromatic heterocycles. The Morgan fingerprint density at radius 2 is 1.94 bits per heavy atom. The Morgan fingerprint density at radius 3 is 2.62 bits per heavy atom. The fraction of sp³-hybridized carbons (Fsp3) is 0.217. The number of halogens is 1. The molecule has 1 amide bonds. The summed E-state index contributed by atoms with van der Waals surface area (Å²) < 4.78 is 16.3. The number of benzene rings is 2. The number of furan rings is 1. The summed E-state index contributed by atoms with van der Waals surface area (Å²) in [5, 5.41) is 21.6. The quantitative estimate of drug-likeness (QED) is 0.468. The number of ether oxygens (including phenoxy) is 2. The smallest absolute Gasteiger partial charge is 0.290 e. The Bertz CT molecular complexity index is 1210. The maximum atomic E-state index is 13.5. The predicted octanol–water partition coefficient (Wildman–Crippen LogP) is 4.13. The van der Waals surface area contributed by atoms with Gasteiger partial charge in [-0.15, -0.1) is 0 Å². The number of fused-ring (bicyclic) bond motifs is 1. The van der Waals surface area contributed by atoms with Crippen LogP contribution in [0.25, 0.3) is 11.0 Å². The van der Waals surface area contributed by atoms with Gasteiger partial charge in [0, 0.05) is 19.0 Å². The molecule has 3 aromatic rings. The van der Waals surface area contributed by atoms with Crippen molar-refractivity contribution in [2.75, 3.05) is 27.4 Å². The lowest BCUT2D eigenvalue weighted by atomic mass is 9.94. The Hall–Kier alpha value is -3.30. The van der Waals surface area contributed by atoms with E-state index in [0.717, 1.165) is 5.39 Å². The van der Waals surface area contributed by atoms with Crippen molar-refractivity contribution >= 4 is 38.6 Å². The van der Waals surface area contributed by atoms with E-state index in [9.17, 15) is 19.8 Å². The molecule has 1 aliphatic heterocycles. The number of carbonyl (C=O) groups excluding carboxylic acids is 2. The summed E-state index contributed by atoms with van der Waals surface area (Å²) in [5.74, 6) is -1.93. The monoisotopic (exact) mass is 501 g/mol. The van der Waals surface area contributed by atoms with E-state index in [1.165, 1.54) is 25.2 Å². The molecule has 1 aliphatic rings. The van der Waals surface area contributed by atoms with Gasteiger partial charge in [0.15, 0.2) is 23.0 Å². The molecule has 2 aromatic carbocycles. The molecule has 4 rings (SSSR count). The Labute approximate surface area is 191 Å². The molecule has 0 spiro atoms. The molecule has 32 heavy (non-hydrogen) atoms. The third kappa shape index (κ3) is 3.63. The maximum Gasteiger partial charge on any atom is 0.290 e. The summed E-state index contributed by atoms with van der Waals surface area (Å²) in [7, 11) is 2.88. The zero-order chi connectivity index (χ0) is 23.0. The number of aromatic hydroxyl groups is 1. The van der Waals surface area contributed by atoms with Gasteiger partial charge in [-0.2, -0.15) is 0 Å². The molecule has 2 N–H and O–H groups in total. The van der Waals surface area contributed by atoms with E-state index < -0.39 is 23.5 Å². The highest BCUT2D eigenvalue weighted by atomic mass is 79.9. The van der Waals surface area contributed by atoms with E-state index in [2.05, 4.69) is 15.9 Å². The lowest BCUT2D eigenvalue weighted by molar-refractivity contribution is -0.130. The lowest BCUT2D eigenvalue weighted by Crippen LogP contribution is -2.34. The van der Waals surface area contributed by atoms with Crippen molar-refractivity contribution in [1.82, 2.24) is 4.90 Å². The number of rotatable bonds is 7. The third-order valence-electron chi connectivity index (χ3n) is 5.32. The van der Waals surface area contributed by atoms with Crippen LogP contribution >= 0.6 is 15.9 Å². The van der Waals surface area contributed by atoms with Crippen molar-refractivity contribution in [3.63, 3.8) is 0 Å². The van der Waals surface area contributed by atoms with Gasteiger partial charge in [-0.3, -0.25) is 9.59 Å². The Kier molecular flexibility index (Phi) is 5.94. The van der Waals surface area contributed by atoms with Crippen molar-refractivity contribution in [3.8, 4) is 11.5 Å². The van der Waals surface area contributed by atoms with Crippen molar-refractivity contribution in [2.24, 2.45) is 0 Å². The van der Waals surface area contributed by atoms with Gasteiger partial charge in [0.2, 0.25) is 5.78 Å². The van der Waals surface area contributed by atoms with Crippen LogP contribution in [0.4, 0.5) is 0 Å². The molecule has 0 saturated carbocycles. The van der Waals surface area contributed by atoms with Crippen LogP contribution in [0.5, 0.6) is 11.5 Å². The highest BCUT2D eigenvalue weighted by Gasteiger charge is 2.44. The van der Waals surface area contributed by atoms with Crippen LogP contribution in [0.2, 0.25) is 0 Å². The van der Waals surface area contributed by atoms with E-state index in [0.29, 0.717) is 15.6 Å². The van der Waals surface area contributed by atoms with Gasteiger partial charge in [-0.05, 0) is 45.8 Å². The number of methoxy groups -OCH3 is 2. The number of amides is 1. The van der Waals surface area contributed by atoms with Crippen LogP contribution in [0.15, 0.2) is 62.7 Å². The number of nitrogens with zero attached hydrogens (tertiary/aromatic N) is 1. The summed E-state index contributed by atoms with van der Waals surface area (Å²) in [6.07, 6.45) is 0. The Morgan fingerprint density at radius 1 is 1.19 bits per heavy atom. The van der Waals surface area contributed by atoms with E-state index >= 15 is 0 Å². The first-order valence-electron chi connectivity index (χ1n) is 9.70. The second-order valence-electron chi connectivity index (χ2n) is 7.19. The second-order valence-corrected chi connectivity index (χ2v) is 8.04. The number of phenolic OH excluding ortho intramolecular Hbond substituents is 1. The van der Waals surface area contributed by atoms with Gasteiger partial charge in [-0.1, -0.05) is 18.2 Å². The van der Waals surface area contributed by atoms with Gasteiger partial charge < -0.3 is 29.0 Å². The van der Waals surface area contributed by atoms with Crippen molar-refractivity contribution in [3.05, 3.63) is 69.6 Å². The highest BCUT2D eigenvalue weighted by molar-refractivity contribution is 9.10. The molecule has 0 radical (unpaired) electrons. The van der Waals surface area contributed by atoms with E-state index in [1.54, 1.807) is 30.3 Å². The fourth-order valence-electron chi connectivity index (χ4n) is 3.79. The van der Waals surface area contributed by atoms with Crippen LogP contribution in [0.3, 0.4) is 0 Å². The number of Topliss-reactive ketones (excluding diaryl/α,β-unsaturated/α-hetero) is 1. The molecule has 2 heterocycles. The molecule has 0 aliphatic carbocycles. The topological polar surface area (TPSA) is 109 Å². The summed E-state index contributed by atoms with van der Waals surface area (Å²) in [6, 6.07) is 10.8. The highest BCUT2D eigenvalue weighted by Crippen LogP contribution is 2.44. The fourth-order valence-corrected chi connectivity index (χ4v) is 4.25. The average molecular weight is 502 g/mol.